The number of hydrogen-bond acceptors (Lipinski definition) is 5. The minimum Gasteiger partial charge on any atom is -0.497 e. The first-order valence-corrected chi connectivity index (χ1v) is 12.7. The van der Waals surface area contributed by atoms with E-state index in [-0.39, 0.29) is 16.5 Å². The fourth-order valence-corrected chi connectivity index (χ4v) is 6.98. The highest BCUT2D eigenvalue weighted by Gasteiger charge is 2.32. The van der Waals surface area contributed by atoms with Gasteiger partial charge in [0.2, 0.25) is 0 Å². The Balaban J connectivity index is 1.84. The van der Waals surface area contributed by atoms with Crippen LogP contribution >= 0.6 is 0 Å². The summed E-state index contributed by atoms with van der Waals surface area (Å²) in [6.45, 7) is 1.61. The van der Waals surface area contributed by atoms with Crippen LogP contribution in [0.15, 0.2) is 88.8 Å². The molecule has 1 N–H and O–H groups in total. The van der Waals surface area contributed by atoms with Gasteiger partial charge in [-0.15, -0.1) is 0 Å². The lowest BCUT2D eigenvalue weighted by Gasteiger charge is -2.14. The number of methoxy groups -OCH3 is 1. The quantitative estimate of drug-likeness (QED) is 0.445. The molecule has 166 valence electrons. The maximum atomic E-state index is 13.5. The number of para-hydroxylation sites is 1. The van der Waals surface area contributed by atoms with Crippen molar-refractivity contribution in [1.29, 1.82) is 0 Å². The van der Waals surface area contributed by atoms with Crippen LogP contribution in [-0.2, 0) is 26.6 Å². The summed E-state index contributed by atoms with van der Waals surface area (Å²) in [7, 11) is -6.81. The summed E-state index contributed by atoms with van der Waals surface area (Å²) in [6.07, 6.45) is 0. The molecule has 0 amide bonds. The Hall–Kier alpha value is -3.14. The molecule has 0 spiro atoms. The van der Waals surface area contributed by atoms with Crippen LogP contribution in [0.2, 0.25) is 0 Å². The molecule has 32 heavy (non-hydrogen) atoms. The number of nitrogens with zero attached hydrogens (tertiary/aromatic N) is 1. The van der Waals surface area contributed by atoms with E-state index in [9.17, 15) is 16.8 Å². The maximum absolute atomic E-state index is 13.5. The zero-order chi connectivity index (χ0) is 22.9. The van der Waals surface area contributed by atoms with Gasteiger partial charge in [0.15, 0.2) is 5.03 Å². The number of nitrogens with one attached hydrogen (secondary N) is 1. The van der Waals surface area contributed by atoms with Crippen LogP contribution in [0, 0.1) is 6.92 Å². The Morgan fingerprint density at radius 3 is 2.12 bits per heavy atom. The van der Waals surface area contributed by atoms with Crippen molar-refractivity contribution in [3.63, 3.8) is 0 Å². The number of fused-ring (bicyclic) bond motifs is 1. The zero-order valence-corrected chi connectivity index (χ0v) is 19.2. The molecule has 0 fully saturated rings. The highest BCUT2D eigenvalue weighted by atomic mass is 32.2. The predicted octanol–water partition coefficient (Wildman–Crippen LogP) is 3.67. The van der Waals surface area contributed by atoms with E-state index < -0.39 is 20.0 Å². The molecular formula is C23H22N2O5S2. The second-order valence-corrected chi connectivity index (χ2v) is 10.7. The van der Waals surface area contributed by atoms with Crippen molar-refractivity contribution in [2.75, 3.05) is 7.11 Å². The second kappa shape index (κ2) is 8.42. The molecule has 0 unspecified atom stereocenters. The van der Waals surface area contributed by atoms with E-state index in [1.165, 1.54) is 12.1 Å². The average molecular weight is 471 g/mol. The normalized spacial score (nSPS) is 12.2. The second-order valence-electron chi connectivity index (χ2n) is 7.20. The number of benzene rings is 3. The van der Waals surface area contributed by atoms with Gasteiger partial charge in [-0.2, -0.15) is 0 Å². The Labute approximate surface area is 187 Å². The lowest BCUT2D eigenvalue weighted by atomic mass is 10.2. The van der Waals surface area contributed by atoms with Crippen LogP contribution in [0.5, 0.6) is 5.75 Å². The van der Waals surface area contributed by atoms with Crippen molar-refractivity contribution in [3.8, 4) is 5.75 Å². The third kappa shape index (κ3) is 3.90. The van der Waals surface area contributed by atoms with Gasteiger partial charge in [0.1, 0.15) is 5.75 Å². The molecule has 0 aliphatic rings. The van der Waals surface area contributed by atoms with Gasteiger partial charge < -0.3 is 4.74 Å². The third-order valence-electron chi connectivity index (χ3n) is 5.19. The van der Waals surface area contributed by atoms with Gasteiger partial charge in [0, 0.05) is 11.9 Å². The van der Waals surface area contributed by atoms with Crippen LogP contribution in [0.3, 0.4) is 0 Å². The Kier molecular flexibility index (Phi) is 5.81. The van der Waals surface area contributed by atoms with Crippen LogP contribution in [0.25, 0.3) is 10.9 Å². The van der Waals surface area contributed by atoms with E-state index in [0.717, 1.165) is 3.97 Å². The minimum atomic E-state index is -4.19. The van der Waals surface area contributed by atoms with Crippen molar-refractivity contribution in [3.05, 3.63) is 90.0 Å². The van der Waals surface area contributed by atoms with Crippen LogP contribution in [0.4, 0.5) is 0 Å². The zero-order valence-electron chi connectivity index (χ0n) is 17.5. The summed E-state index contributed by atoms with van der Waals surface area (Å²) in [5, 5.41) is 0.257. The fourth-order valence-electron chi connectivity index (χ4n) is 3.58. The van der Waals surface area contributed by atoms with Gasteiger partial charge in [0.05, 0.1) is 17.5 Å². The molecule has 4 aromatic rings. The van der Waals surface area contributed by atoms with E-state index in [1.54, 1.807) is 80.8 Å². The van der Waals surface area contributed by atoms with E-state index in [2.05, 4.69) is 4.72 Å². The summed E-state index contributed by atoms with van der Waals surface area (Å²) in [4.78, 5) is 0.00681. The molecule has 0 bridgehead atoms. The maximum Gasteiger partial charge on any atom is 0.269 e. The predicted molar refractivity (Wildman–Crippen MR) is 123 cm³/mol. The van der Waals surface area contributed by atoms with E-state index >= 15 is 0 Å². The van der Waals surface area contributed by atoms with E-state index in [4.69, 9.17) is 4.74 Å². The topological polar surface area (TPSA) is 94.5 Å². The molecule has 7 nitrogen and oxygen atoms in total. The van der Waals surface area contributed by atoms with Crippen molar-refractivity contribution >= 4 is 30.9 Å². The smallest absolute Gasteiger partial charge is 0.269 e. The number of sulfonamides is 1. The van der Waals surface area contributed by atoms with Gasteiger partial charge in [-0.05, 0) is 48.4 Å². The fraction of sp³-hybridized carbons (Fsp3) is 0.130. The summed E-state index contributed by atoms with van der Waals surface area (Å²) in [6, 6.07) is 21.5. The van der Waals surface area contributed by atoms with E-state index in [0.29, 0.717) is 27.8 Å². The first-order valence-electron chi connectivity index (χ1n) is 9.79. The van der Waals surface area contributed by atoms with Crippen molar-refractivity contribution < 1.29 is 21.6 Å². The van der Waals surface area contributed by atoms with Crippen molar-refractivity contribution in [1.82, 2.24) is 8.69 Å². The third-order valence-corrected chi connectivity index (χ3v) is 8.56. The molecule has 0 atom stereocenters. The molecule has 0 saturated carbocycles. The molecule has 0 aliphatic carbocycles. The van der Waals surface area contributed by atoms with Gasteiger partial charge >= 0.3 is 0 Å². The number of aromatic nitrogens is 1. The van der Waals surface area contributed by atoms with Gasteiger partial charge in [0.25, 0.3) is 20.0 Å². The largest absolute Gasteiger partial charge is 0.497 e. The van der Waals surface area contributed by atoms with Crippen LogP contribution in [0.1, 0.15) is 11.1 Å². The summed E-state index contributed by atoms with van der Waals surface area (Å²) < 4.78 is 62.4. The number of aryl methyl sites for hydroxylation is 1. The molecule has 4 rings (SSSR count). The van der Waals surface area contributed by atoms with Gasteiger partial charge in [-0.1, -0.05) is 48.5 Å². The number of rotatable bonds is 7. The lowest BCUT2D eigenvalue weighted by Crippen LogP contribution is -2.28. The van der Waals surface area contributed by atoms with Gasteiger partial charge in [-0.3, -0.25) is 0 Å². The first kappa shape index (κ1) is 22.1. The van der Waals surface area contributed by atoms with Crippen molar-refractivity contribution in [2.24, 2.45) is 0 Å². The van der Waals surface area contributed by atoms with E-state index in [1.807, 2.05) is 0 Å². The monoisotopic (exact) mass is 470 g/mol. The summed E-state index contributed by atoms with van der Waals surface area (Å²) >= 11 is 0. The first-order chi connectivity index (χ1) is 15.3. The molecular weight excluding hydrogens is 448 g/mol. The minimum absolute atomic E-state index is 0.00131. The Morgan fingerprint density at radius 1 is 0.844 bits per heavy atom. The molecule has 9 heteroatoms. The average Bonchev–Trinajstić information content (AvgIpc) is 3.13. The van der Waals surface area contributed by atoms with Gasteiger partial charge in [-0.25, -0.2) is 25.5 Å². The molecule has 1 aromatic heterocycles. The highest BCUT2D eigenvalue weighted by Crippen LogP contribution is 2.32. The van der Waals surface area contributed by atoms with Crippen molar-refractivity contribution in [2.45, 2.75) is 23.4 Å². The standard InChI is InChI=1S/C23H22N2O5S2/c1-17-21-10-6-7-11-22(21)25(32(28,29)20-8-4-3-5-9-20)23(17)31(26,27)24-16-18-12-14-19(30-2)15-13-18/h3-15,24H,16H2,1-2H3. The molecule has 0 saturated heterocycles. The highest BCUT2D eigenvalue weighted by molar-refractivity contribution is 7.92. The molecule has 0 radical (unpaired) electrons. The molecule has 3 aromatic carbocycles. The number of hydrogen-bond donors (Lipinski definition) is 1. The molecule has 1 heterocycles. The lowest BCUT2D eigenvalue weighted by molar-refractivity contribution is 0.414. The Morgan fingerprint density at radius 2 is 1.47 bits per heavy atom. The number of ether oxygens (including phenoxy) is 1. The SMILES string of the molecule is COc1ccc(CNS(=O)(=O)c2c(C)c3ccccc3n2S(=O)(=O)c2ccccc2)cc1. The summed E-state index contributed by atoms with van der Waals surface area (Å²) in [5.74, 6) is 0.654. The Bertz CT molecular complexity index is 1470. The molecule has 0 aliphatic heterocycles. The van der Waals surface area contributed by atoms with Crippen LogP contribution < -0.4 is 9.46 Å². The van der Waals surface area contributed by atoms with Crippen LogP contribution in [-0.4, -0.2) is 27.9 Å². The summed E-state index contributed by atoms with van der Waals surface area (Å²) in [5.41, 5.74) is 1.38.